The van der Waals surface area contributed by atoms with Crippen LogP contribution in [-0.2, 0) is 0 Å². The van der Waals surface area contributed by atoms with Crippen molar-refractivity contribution < 1.29 is 0 Å². The molecule has 1 rings (SSSR count). The van der Waals surface area contributed by atoms with Crippen molar-refractivity contribution in [3.8, 4) is 0 Å². The highest BCUT2D eigenvalue weighted by Gasteiger charge is 1.85. The molecule has 0 atom stereocenters. The molecule has 0 fully saturated rings. The van der Waals surface area contributed by atoms with Gasteiger partial charge in [-0.25, -0.2) is 0 Å². The first-order chi connectivity index (χ1) is 4.43. The number of hydrogen-bond donors (Lipinski definition) is 0. The second-order valence-electron chi connectivity index (χ2n) is 1.67. The monoisotopic (exact) mass is 153 g/mol. The summed E-state index contributed by atoms with van der Waals surface area (Å²) in [4.78, 5) is 1.40. The maximum Gasteiger partial charge on any atom is 0.106 e. The molecular formula is C7H9SSi. The molecule has 1 aromatic carbocycles. The Labute approximate surface area is 62.1 Å². The highest BCUT2D eigenvalue weighted by Crippen LogP contribution is 2.13. The average molecular weight is 153 g/mol. The van der Waals surface area contributed by atoms with Crippen LogP contribution in [0.1, 0.15) is 0 Å². The zero-order valence-corrected chi connectivity index (χ0v) is 7.34. The smallest absolute Gasteiger partial charge is 0.106 e. The van der Waals surface area contributed by atoms with Crippen molar-refractivity contribution in [2.24, 2.45) is 0 Å². The van der Waals surface area contributed by atoms with Crippen molar-refractivity contribution in [3.05, 3.63) is 30.3 Å². The van der Waals surface area contributed by atoms with Gasteiger partial charge in [0, 0.05) is 4.90 Å². The summed E-state index contributed by atoms with van der Waals surface area (Å²) in [5, 5.41) is 0. The Morgan fingerprint density at radius 3 is 2.44 bits per heavy atom. The molecule has 0 amide bonds. The Balaban J connectivity index is 2.61. The van der Waals surface area contributed by atoms with Crippen LogP contribution in [0, 0.1) is 0 Å². The minimum Gasteiger partial charge on any atom is -0.158 e. The van der Waals surface area contributed by atoms with E-state index in [9.17, 15) is 0 Å². The molecule has 0 spiro atoms. The maximum absolute atomic E-state index is 2.25. The number of benzene rings is 1. The van der Waals surface area contributed by atoms with Gasteiger partial charge in [-0.2, -0.15) is 11.2 Å². The Bertz CT molecular complexity index is 162. The van der Waals surface area contributed by atoms with Crippen LogP contribution in [0.4, 0.5) is 0 Å². The number of rotatable bonds is 2. The average Bonchev–Trinajstić information content (AvgIpc) is 1.91. The summed E-state index contributed by atoms with van der Waals surface area (Å²) in [6, 6.07) is 10.5. The summed E-state index contributed by atoms with van der Waals surface area (Å²) < 4.78 is 0. The fourth-order valence-corrected chi connectivity index (χ4v) is 2.51. The van der Waals surface area contributed by atoms with Gasteiger partial charge in [0.25, 0.3) is 0 Å². The Hall–Kier alpha value is -0.213. The summed E-state index contributed by atoms with van der Waals surface area (Å²) in [5.41, 5.74) is 0. The quantitative estimate of drug-likeness (QED) is 0.587. The topological polar surface area (TPSA) is 0 Å². The van der Waals surface area contributed by atoms with Crippen LogP contribution in [0.3, 0.4) is 0 Å². The molecule has 0 aliphatic heterocycles. The Morgan fingerprint density at radius 2 is 1.89 bits per heavy atom. The molecule has 0 nitrogen and oxygen atoms in total. The van der Waals surface area contributed by atoms with Crippen LogP contribution < -0.4 is 0 Å². The van der Waals surface area contributed by atoms with E-state index < -0.39 is 0 Å². The van der Waals surface area contributed by atoms with Crippen molar-refractivity contribution in [1.82, 2.24) is 0 Å². The van der Waals surface area contributed by atoms with Gasteiger partial charge in [0.05, 0.1) is 0 Å². The van der Waals surface area contributed by atoms with Crippen molar-refractivity contribution >= 4 is 19.9 Å². The summed E-state index contributed by atoms with van der Waals surface area (Å²) in [6.45, 7) is 2.25. The second-order valence-corrected chi connectivity index (χ2v) is 4.97. The zero-order valence-electron chi connectivity index (χ0n) is 5.37. The second kappa shape index (κ2) is 3.74. The first-order valence-electron chi connectivity index (χ1n) is 2.93. The zero-order chi connectivity index (χ0) is 6.53. The molecule has 9 heavy (non-hydrogen) atoms. The van der Waals surface area contributed by atoms with Crippen molar-refractivity contribution in [3.63, 3.8) is 0 Å². The van der Waals surface area contributed by atoms with E-state index in [4.69, 9.17) is 0 Å². The van der Waals surface area contributed by atoms with E-state index in [2.05, 4.69) is 36.9 Å². The van der Waals surface area contributed by atoms with Crippen LogP contribution in [-0.4, -0.2) is 8.67 Å². The Kier molecular flexibility index (Phi) is 2.87. The fourth-order valence-electron chi connectivity index (χ4n) is 0.635. The highest BCUT2D eigenvalue weighted by atomic mass is 32.4. The van der Waals surface area contributed by atoms with Gasteiger partial charge in [0.1, 0.15) is 8.67 Å². The molecule has 0 unspecified atom stereocenters. The van der Waals surface area contributed by atoms with Crippen molar-refractivity contribution in [2.75, 3.05) is 0 Å². The predicted molar refractivity (Wildman–Crippen MR) is 45.3 cm³/mol. The van der Waals surface area contributed by atoms with Gasteiger partial charge in [-0.15, -0.1) is 0 Å². The van der Waals surface area contributed by atoms with E-state index in [1.807, 2.05) is 11.2 Å². The normalized spacial score (nSPS) is 9.44. The minimum absolute atomic E-state index is 0.542. The largest absolute Gasteiger partial charge is 0.158 e. The molecule has 0 saturated carbocycles. The van der Waals surface area contributed by atoms with Gasteiger partial charge in [0.15, 0.2) is 0 Å². The molecule has 0 aliphatic carbocycles. The molecule has 0 aliphatic rings. The van der Waals surface area contributed by atoms with Gasteiger partial charge < -0.3 is 0 Å². The summed E-state index contributed by atoms with van der Waals surface area (Å²) in [5.74, 6) is 0. The van der Waals surface area contributed by atoms with Crippen LogP contribution in [0.5, 0.6) is 0 Å². The Morgan fingerprint density at radius 1 is 1.22 bits per heavy atom. The van der Waals surface area contributed by atoms with Crippen LogP contribution in [0.25, 0.3) is 0 Å². The number of hydrogen-bond acceptors (Lipinski definition) is 1. The van der Waals surface area contributed by atoms with Gasteiger partial charge in [-0.3, -0.25) is 0 Å². The van der Waals surface area contributed by atoms with E-state index in [1.54, 1.807) is 0 Å². The van der Waals surface area contributed by atoms with Crippen LogP contribution >= 0.6 is 11.2 Å². The van der Waals surface area contributed by atoms with Gasteiger partial charge >= 0.3 is 0 Å². The van der Waals surface area contributed by atoms with Crippen LogP contribution in [0.2, 0.25) is 6.55 Å². The first kappa shape index (κ1) is 6.90. The van der Waals surface area contributed by atoms with E-state index in [1.165, 1.54) is 4.90 Å². The molecular weight excluding hydrogens is 144 g/mol. The third kappa shape index (κ3) is 2.24. The minimum atomic E-state index is 0.542. The highest BCUT2D eigenvalue weighted by molar-refractivity contribution is 8.22. The van der Waals surface area contributed by atoms with Gasteiger partial charge in [0.2, 0.25) is 0 Å². The van der Waals surface area contributed by atoms with E-state index in [0.29, 0.717) is 8.67 Å². The molecule has 0 bridgehead atoms. The molecule has 0 saturated heterocycles. The molecule has 0 heterocycles. The lowest BCUT2D eigenvalue weighted by Crippen LogP contribution is -1.71. The lowest BCUT2D eigenvalue weighted by atomic mass is 10.4. The van der Waals surface area contributed by atoms with Crippen molar-refractivity contribution in [2.45, 2.75) is 11.4 Å². The first-order valence-corrected chi connectivity index (χ1v) is 6.38. The lowest BCUT2D eigenvalue weighted by molar-refractivity contribution is 1.48. The molecule has 0 N–H and O–H groups in total. The van der Waals surface area contributed by atoms with E-state index in [-0.39, 0.29) is 0 Å². The third-order valence-electron chi connectivity index (χ3n) is 0.997. The summed E-state index contributed by atoms with van der Waals surface area (Å²) in [6.07, 6.45) is 0. The molecule has 1 aromatic rings. The molecule has 47 valence electrons. The standard InChI is InChI=1S/C7H9SSi/c1-9-8-7-5-3-2-4-6-7/h2-6,9H,1H3. The van der Waals surface area contributed by atoms with E-state index >= 15 is 0 Å². The molecule has 2 heteroatoms. The molecule has 0 aromatic heterocycles. The summed E-state index contributed by atoms with van der Waals surface area (Å²) in [7, 11) is 0.542. The van der Waals surface area contributed by atoms with E-state index in [0.717, 1.165) is 0 Å². The van der Waals surface area contributed by atoms with Crippen molar-refractivity contribution in [1.29, 1.82) is 0 Å². The maximum atomic E-state index is 2.25. The fraction of sp³-hybridized carbons (Fsp3) is 0.143. The van der Waals surface area contributed by atoms with Gasteiger partial charge in [-0.05, 0) is 12.1 Å². The molecule has 1 radical (unpaired) electrons. The lowest BCUT2D eigenvalue weighted by Gasteiger charge is -1.93. The van der Waals surface area contributed by atoms with Crippen LogP contribution in [0.15, 0.2) is 35.2 Å². The third-order valence-corrected chi connectivity index (χ3v) is 3.30. The predicted octanol–water partition coefficient (Wildman–Crippen LogP) is 2.18. The summed E-state index contributed by atoms with van der Waals surface area (Å²) >= 11 is 1.96. The SMILES string of the molecule is C[SiH]Sc1ccccc1. The van der Waals surface area contributed by atoms with Gasteiger partial charge in [-0.1, -0.05) is 24.7 Å².